The average molecular weight is 379 g/mol. The van der Waals surface area contributed by atoms with Crippen molar-refractivity contribution in [1.82, 2.24) is 4.90 Å². The summed E-state index contributed by atoms with van der Waals surface area (Å²) in [7, 11) is 0. The van der Waals surface area contributed by atoms with Gasteiger partial charge in [0.1, 0.15) is 5.75 Å². The van der Waals surface area contributed by atoms with Crippen molar-refractivity contribution in [3.8, 4) is 5.75 Å². The Kier molecular flexibility index (Phi) is 5.30. The Morgan fingerprint density at radius 1 is 1.07 bits per heavy atom. The minimum atomic E-state index is -0.116. The van der Waals surface area contributed by atoms with E-state index in [9.17, 15) is 9.59 Å². The first-order chi connectivity index (χ1) is 13.7. The summed E-state index contributed by atoms with van der Waals surface area (Å²) in [5.41, 5.74) is 7.94. The molecular formula is C22H25N3O3. The molecule has 2 N–H and O–H groups in total. The fraction of sp³-hybridized carbons (Fsp3) is 0.364. The van der Waals surface area contributed by atoms with Gasteiger partial charge in [-0.05, 0) is 30.2 Å². The molecule has 0 aromatic heterocycles. The lowest BCUT2D eigenvalue weighted by Crippen LogP contribution is -2.41. The predicted octanol–water partition coefficient (Wildman–Crippen LogP) is 2.00. The number of nitrogens with two attached hydrogens (primary N) is 1. The molecule has 1 saturated heterocycles. The number of fused-ring (bicyclic) bond motifs is 1. The Labute approximate surface area is 164 Å². The van der Waals surface area contributed by atoms with E-state index in [0.29, 0.717) is 38.3 Å². The van der Waals surface area contributed by atoms with Gasteiger partial charge in [-0.1, -0.05) is 42.5 Å². The molecule has 146 valence electrons. The average Bonchev–Trinajstić information content (AvgIpc) is 3.18. The van der Waals surface area contributed by atoms with E-state index in [1.54, 1.807) is 4.90 Å². The summed E-state index contributed by atoms with van der Waals surface area (Å²) in [5.74, 6) is 1.16. The molecule has 0 aliphatic carbocycles. The van der Waals surface area contributed by atoms with E-state index in [4.69, 9.17) is 10.5 Å². The summed E-state index contributed by atoms with van der Waals surface area (Å²) in [6.45, 7) is 2.28. The maximum absolute atomic E-state index is 12.9. The smallest absolute Gasteiger partial charge is 0.265 e. The highest BCUT2D eigenvalue weighted by Crippen LogP contribution is 2.33. The first kappa shape index (κ1) is 18.5. The van der Waals surface area contributed by atoms with Gasteiger partial charge in [0.15, 0.2) is 6.61 Å². The standard InChI is InChI=1S/C22H25N3O3/c23-12-17-13-24(14-18(17)16-6-2-1-3-7-16)21(26)10-11-25-19-8-4-5-9-20(19)28-15-22(25)27/h1-9,17-18H,10-15,23H2/t17-,18+/m1/s1. The lowest BCUT2D eigenvalue weighted by atomic mass is 9.89. The maximum Gasteiger partial charge on any atom is 0.265 e. The lowest BCUT2D eigenvalue weighted by molar-refractivity contribution is -0.130. The van der Waals surface area contributed by atoms with Crippen molar-refractivity contribution in [1.29, 1.82) is 0 Å². The van der Waals surface area contributed by atoms with Crippen molar-refractivity contribution >= 4 is 17.5 Å². The molecule has 0 unspecified atom stereocenters. The molecule has 0 spiro atoms. The fourth-order valence-electron chi connectivity index (χ4n) is 4.16. The second-order valence-electron chi connectivity index (χ2n) is 7.36. The third kappa shape index (κ3) is 3.60. The van der Waals surface area contributed by atoms with Gasteiger partial charge in [0, 0.05) is 32.0 Å². The number of carbonyl (C=O) groups excluding carboxylic acids is 2. The molecule has 2 atom stereocenters. The van der Waals surface area contributed by atoms with Gasteiger partial charge in [-0.15, -0.1) is 0 Å². The number of amides is 2. The van der Waals surface area contributed by atoms with Gasteiger partial charge in [-0.2, -0.15) is 0 Å². The molecule has 2 aromatic rings. The first-order valence-corrected chi connectivity index (χ1v) is 9.72. The van der Waals surface area contributed by atoms with E-state index in [1.165, 1.54) is 5.56 Å². The topological polar surface area (TPSA) is 75.9 Å². The van der Waals surface area contributed by atoms with Gasteiger partial charge in [-0.25, -0.2) is 0 Å². The lowest BCUT2D eigenvalue weighted by Gasteiger charge is -2.29. The van der Waals surface area contributed by atoms with Crippen LogP contribution in [-0.2, 0) is 9.59 Å². The van der Waals surface area contributed by atoms with Crippen LogP contribution in [0.15, 0.2) is 54.6 Å². The minimum Gasteiger partial charge on any atom is -0.482 e. The van der Waals surface area contributed by atoms with Gasteiger partial charge in [0.25, 0.3) is 5.91 Å². The van der Waals surface area contributed by atoms with Gasteiger partial charge < -0.3 is 20.3 Å². The summed E-state index contributed by atoms with van der Waals surface area (Å²) in [5, 5.41) is 0. The van der Waals surface area contributed by atoms with E-state index < -0.39 is 0 Å². The Hall–Kier alpha value is -2.86. The molecule has 6 heteroatoms. The zero-order chi connectivity index (χ0) is 19.5. The van der Waals surface area contributed by atoms with E-state index in [1.807, 2.05) is 47.4 Å². The number of hydrogen-bond donors (Lipinski definition) is 1. The zero-order valence-electron chi connectivity index (χ0n) is 15.8. The maximum atomic E-state index is 12.9. The number of likely N-dealkylation sites (tertiary alicyclic amines) is 1. The van der Waals surface area contributed by atoms with Crippen molar-refractivity contribution in [3.05, 3.63) is 60.2 Å². The van der Waals surface area contributed by atoms with Crippen molar-refractivity contribution in [2.24, 2.45) is 11.7 Å². The number of hydrogen-bond acceptors (Lipinski definition) is 4. The van der Waals surface area contributed by atoms with Gasteiger partial charge in [0.2, 0.25) is 5.91 Å². The molecule has 2 aliphatic heterocycles. The number of carbonyl (C=O) groups is 2. The number of rotatable bonds is 5. The number of benzene rings is 2. The van der Waals surface area contributed by atoms with Crippen LogP contribution in [-0.4, -0.2) is 49.5 Å². The molecule has 2 amide bonds. The van der Waals surface area contributed by atoms with Crippen LogP contribution < -0.4 is 15.4 Å². The number of ether oxygens (including phenoxy) is 1. The van der Waals surface area contributed by atoms with Crippen LogP contribution in [0.1, 0.15) is 17.9 Å². The van der Waals surface area contributed by atoms with Crippen molar-refractivity contribution < 1.29 is 14.3 Å². The third-order valence-electron chi connectivity index (χ3n) is 5.68. The number of nitrogens with zero attached hydrogens (tertiary/aromatic N) is 2. The molecule has 28 heavy (non-hydrogen) atoms. The Morgan fingerprint density at radius 2 is 1.82 bits per heavy atom. The summed E-state index contributed by atoms with van der Waals surface area (Å²) >= 11 is 0. The van der Waals surface area contributed by atoms with Crippen LogP contribution in [0.2, 0.25) is 0 Å². The summed E-state index contributed by atoms with van der Waals surface area (Å²) in [6.07, 6.45) is 0.291. The van der Waals surface area contributed by atoms with Crippen molar-refractivity contribution in [2.75, 3.05) is 37.7 Å². The highest BCUT2D eigenvalue weighted by molar-refractivity contribution is 5.98. The van der Waals surface area contributed by atoms with Crippen molar-refractivity contribution in [2.45, 2.75) is 12.3 Å². The van der Waals surface area contributed by atoms with E-state index in [-0.39, 0.29) is 30.3 Å². The molecule has 0 saturated carbocycles. The van der Waals surface area contributed by atoms with Crippen LogP contribution in [0.25, 0.3) is 0 Å². The van der Waals surface area contributed by atoms with Gasteiger partial charge in [0.05, 0.1) is 5.69 Å². The first-order valence-electron chi connectivity index (χ1n) is 9.72. The van der Waals surface area contributed by atoms with Crippen LogP contribution in [0, 0.1) is 5.92 Å². The fourth-order valence-corrected chi connectivity index (χ4v) is 4.16. The third-order valence-corrected chi connectivity index (χ3v) is 5.68. The highest BCUT2D eigenvalue weighted by Gasteiger charge is 2.35. The van der Waals surface area contributed by atoms with Crippen LogP contribution in [0.5, 0.6) is 5.75 Å². The Balaban J connectivity index is 1.41. The Bertz CT molecular complexity index is 855. The molecule has 4 rings (SSSR count). The summed E-state index contributed by atoms with van der Waals surface area (Å²) in [6, 6.07) is 17.7. The molecule has 1 fully saturated rings. The molecule has 2 aromatic carbocycles. The molecule has 0 bridgehead atoms. The Morgan fingerprint density at radius 3 is 2.61 bits per heavy atom. The minimum absolute atomic E-state index is 0.0141. The largest absolute Gasteiger partial charge is 0.482 e. The van der Waals surface area contributed by atoms with Crippen LogP contribution in [0.4, 0.5) is 5.69 Å². The number of para-hydroxylation sites is 2. The van der Waals surface area contributed by atoms with Crippen LogP contribution >= 0.6 is 0 Å². The SMILES string of the molecule is NC[C@@H]1CN(C(=O)CCN2C(=O)COc3ccccc32)C[C@H]1c1ccccc1. The molecule has 0 radical (unpaired) electrons. The second kappa shape index (κ2) is 8.02. The monoisotopic (exact) mass is 379 g/mol. The van der Waals surface area contributed by atoms with E-state index in [2.05, 4.69) is 12.1 Å². The van der Waals surface area contributed by atoms with Gasteiger partial charge in [-0.3, -0.25) is 9.59 Å². The molecule has 6 nitrogen and oxygen atoms in total. The highest BCUT2D eigenvalue weighted by atomic mass is 16.5. The summed E-state index contributed by atoms with van der Waals surface area (Å²) < 4.78 is 5.46. The van der Waals surface area contributed by atoms with E-state index >= 15 is 0 Å². The second-order valence-corrected chi connectivity index (χ2v) is 7.36. The zero-order valence-corrected chi connectivity index (χ0v) is 15.8. The van der Waals surface area contributed by atoms with Crippen molar-refractivity contribution in [3.63, 3.8) is 0 Å². The molecular weight excluding hydrogens is 354 g/mol. The number of anilines is 1. The predicted molar refractivity (Wildman–Crippen MR) is 107 cm³/mol. The van der Waals surface area contributed by atoms with E-state index in [0.717, 1.165) is 5.69 Å². The molecule has 2 aliphatic rings. The van der Waals surface area contributed by atoms with Gasteiger partial charge >= 0.3 is 0 Å². The normalized spacial score (nSPS) is 21.4. The summed E-state index contributed by atoms with van der Waals surface area (Å²) in [4.78, 5) is 28.7. The van der Waals surface area contributed by atoms with Crippen LogP contribution in [0.3, 0.4) is 0 Å². The molecule has 2 heterocycles. The quantitative estimate of drug-likeness (QED) is 0.862.